The number of carbonyl (C=O) groups excluding carboxylic acids is 1. The Kier molecular flexibility index (Phi) is 4.06. The van der Waals surface area contributed by atoms with Crippen molar-refractivity contribution in [3.05, 3.63) is 28.6 Å². The Hall–Kier alpha value is -1.73. The third kappa shape index (κ3) is 3.14. The second-order valence-corrected chi connectivity index (χ2v) is 5.22. The fraction of sp³-hybridized carbons (Fsp3) is 0.182. The zero-order valence-electron chi connectivity index (χ0n) is 9.25. The minimum absolute atomic E-state index is 0.0896. The molecule has 2 aromatic heterocycles. The van der Waals surface area contributed by atoms with Gasteiger partial charge in [-0.05, 0) is 11.4 Å². The molecular weight excluding hydrogens is 272 g/mol. The van der Waals surface area contributed by atoms with Crippen LogP contribution in [0.2, 0.25) is 0 Å². The number of carboxylic acid groups (broad SMARTS) is 1. The number of amides is 1. The summed E-state index contributed by atoms with van der Waals surface area (Å²) >= 11 is 2.96. The van der Waals surface area contributed by atoms with E-state index in [0.29, 0.717) is 5.69 Å². The number of nitrogens with zero attached hydrogens (tertiary/aromatic N) is 1. The maximum atomic E-state index is 11.7. The first-order valence-electron chi connectivity index (χ1n) is 5.16. The lowest BCUT2D eigenvalue weighted by atomic mass is 10.4. The van der Waals surface area contributed by atoms with E-state index in [-0.39, 0.29) is 18.9 Å². The summed E-state index contributed by atoms with van der Waals surface area (Å²) in [5, 5.41) is 15.4. The molecule has 18 heavy (non-hydrogen) atoms. The van der Waals surface area contributed by atoms with E-state index in [1.54, 1.807) is 16.7 Å². The number of carboxylic acids is 1. The predicted molar refractivity (Wildman–Crippen MR) is 70.0 cm³/mol. The Morgan fingerprint density at radius 3 is 2.89 bits per heavy atom. The molecule has 2 aromatic rings. The van der Waals surface area contributed by atoms with Crippen molar-refractivity contribution in [1.29, 1.82) is 0 Å². The molecule has 0 aliphatic carbocycles. The lowest BCUT2D eigenvalue weighted by Crippen LogP contribution is -2.26. The van der Waals surface area contributed by atoms with Crippen LogP contribution in [0.25, 0.3) is 9.88 Å². The van der Waals surface area contributed by atoms with Crippen molar-refractivity contribution in [3.8, 4) is 9.88 Å². The first-order chi connectivity index (χ1) is 8.66. The van der Waals surface area contributed by atoms with E-state index >= 15 is 0 Å². The summed E-state index contributed by atoms with van der Waals surface area (Å²) in [5.41, 5.74) is 0.328. The standard InChI is InChI=1S/C11H10N2O3S2/c14-9(15)3-4-12-10(16)7-6-18-11(13-7)8-2-1-5-17-8/h1-2,5-6H,3-4H2,(H,12,16)(H,14,15). The van der Waals surface area contributed by atoms with Crippen molar-refractivity contribution in [3.63, 3.8) is 0 Å². The Morgan fingerprint density at radius 2 is 2.22 bits per heavy atom. The number of hydrogen-bond acceptors (Lipinski definition) is 5. The van der Waals surface area contributed by atoms with Crippen LogP contribution in [0.4, 0.5) is 0 Å². The minimum Gasteiger partial charge on any atom is -0.481 e. The smallest absolute Gasteiger partial charge is 0.305 e. The van der Waals surface area contributed by atoms with E-state index in [1.165, 1.54) is 11.3 Å². The van der Waals surface area contributed by atoms with Crippen LogP contribution in [0.5, 0.6) is 0 Å². The third-order valence-electron chi connectivity index (χ3n) is 2.09. The fourth-order valence-corrected chi connectivity index (χ4v) is 2.88. The fourth-order valence-electron chi connectivity index (χ4n) is 1.26. The van der Waals surface area contributed by atoms with Gasteiger partial charge in [-0.15, -0.1) is 22.7 Å². The summed E-state index contributed by atoms with van der Waals surface area (Å²) < 4.78 is 0. The van der Waals surface area contributed by atoms with E-state index in [2.05, 4.69) is 10.3 Å². The summed E-state index contributed by atoms with van der Waals surface area (Å²) in [5.74, 6) is -1.27. The van der Waals surface area contributed by atoms with Crippen molar-refractivity contribution in [2.45, 2.75) is 6.42 Å². The van der Waals surface area contributed by atoms with Gasteiger partial charge in [0.25, 0.3) is 5.91 Å². The number of thiazole rings is 1. The Balaban J connectivity index is 1.97. The largest absolute Gasteiger partial charge is 0.481 e. The highest BCUT2D eigenvalue weighted by Gasteiger charge is 2.12. The minimum atomic E-state index is -0.937. The van der Waals surface area contributed by atoms with Gasteiger partial charge in [0.05, 0.1) is 11.3 Å². The van der Waals surface area contributed by atoms with Gasteiger partial charge in [-0.25, -0.2) is 4.98 Å². The Bertz CT molecular complexity index is 548. The van der Waals surface area contributed by atoms with Crippen LogP contribution >= 0.6 is 22.7 Å². The molecule has 0 fully saturated rings. The summed E-state index contributed by atoms with van der Waals surface area (Å²) in [7, 11) is 0. The van der Waals surface area contributed by atoms with Gasteiger partial charge in [0, 0.05) is 11.9 Å². The number of hydrogen-bond donors (Lipinski definition) is 2. The van der Waals surface area contributed by atoms with E-state index in [1.807, 2.05) is 17.5 Å². The van der Waals surface area contributed by atoms with Gasteiger partial charge in [0.1, 0.15) is 10.7 Å². The number of rotatable bonds is 5. The average Bonchev–Trinajstić information content (AvgIpc) is 2.99. The van der Waals surface area contributed by atoms with Crippen molar-refractivity contribution in [1.82, 2.24) is 10.3 Å². The molecule has 0 spiro atoms. The molecule has 0 atom stereocenters. The monoisotopic (exact) mass is 282 g/mol. The molecule has 5 nitrogen and oxygen atoms in total. The average molecular weight is 282 g/mol. The lowest BCUT2D eigenvalue weighted by molar-refractivity contribution is -0.136. The van der Waals surface area contributed by atoms with Crippen molar-refractivity contribution in [2.75, 3.05) is 6.54 Å². The lowest BCUT2D eigenvalue weighted by Gasteiger charge is -1.99. The van der Waals surface area contributed by atoms with Crippen LogP contribution in [-0.4, -0.2) is 28.5 Å². The second kappa shape index (κ2) is 5.74. The molecule has 0 saturated heterocycles. The summed E-state index contributed by atoms with van der Waals surface area (Å²) in [6.45, 7) is 0.111. The van der Waals surface area contributed by atoms with Gasteiger partial charge in [-0.1, -0.05) is 6.07 Å². The van der Waals surface area contributed by atoms with E-state index in [4.69, 9.17) is 5.11 Å². The maximum Gasteiger partial charge on any atom is 0.305 e. The first kappa shape index (κ1) is 12.7. The van der Waals surface area contributed by atoms with Crippen molar-refractivity contribution in [2.24, 2.45) is 0 Å². The molecule has 0 bridgehead atoms. The summed E-state index contributed by atoms with van der Waals surface area (Å²) in [6, 6.07) is 3.86. The van der Waals surface area contributed by atoms with E-state index in [9.17, 15) is 9.59 Å². The molecule has 0 aliphatic rings. The number of carbonyl (C=O) groups is 2. The topological polar surface area (TPSA) is 79.3 Å². The van der Waals surface area contributed by atoms with Gasteiger partial charge >= 0.3 is 5.97 Å². The van der Waals surface area contributed by atoms with E-state index in [0.717, 1.165) is 9.88 Å². The highest BCUT2D eigenvalue weighted by Crippen LogP contribution is 2.27. The van der Waals surface area contributed by atoms with E-state index < -0.39 is 5.97 Å². The first-order valence-corrected chi connectivity index (χ1v) is 6.92. The zero-order valence-corrected chi connectivity index (χ0v) is 10.9. The number of nitrogens with one attached hydrogen (secondary N) is 1. The predicted octanol–water partition coefficient (Wildman–Crippen LogP) is 2.08. The molecule has 0 aromatic carbocycles. The van der Waals surface area contributed by atoms with Crippen LogP contribution in [0.1, 0.15) is 16.9 Å². The van der Waals surface area contributed by atoms with Gasteiger partial charge in [0.2, 0.25) is 0 Å². The molecular formula is C11H10N2O3S2. The summed E-state index contributed by atoms with van der Waals surface area (Å²) in [6.07, 6.45) is -0.0896. The van der Waals surface area contributed by atoms with Gasteiger partial charge in [-0.3, -0.25) is 9.59 Å². The molecule has 2 heterocycles. The zero-order chi connectivity index (χ0) is 13.0. The molecule has 0 saturated carbocycles. The molecule has 1 amide bonds. The number of aliphatic carboxylic acids is 1. The van der Waals surface area contributed by atoms with Crippen LogP contribution in [0, 0.1) is 0 Å². The maximum absolute atomic E-state index is 11.7. The highest BCUT2D eigenvalue weighted by molar-refractivity contribution is 7.20. The molecule has 7 heteroatoms. The summed E-state index contributed by atoms with van der Waals surface area (Å²) in [4.78, 5) is 27.2. The molecule has 2 rings (SSSR count). The van der Waals surface area contributed by atoms with Crippen molar-refractivity contribution >= 4 is 34.6 Å². The van der Waals surface area contributed by atoms with Crippen LogP contribution in [0.3, 0.4) is 0 Å². The van der Waals surface area contributed by atoms with Gasteiger partial charge in [-0.2, -0.15) is 0 Å². The third-order valence-corrected chi connectivity index (χ3v) is 3.97. The molecule has 0 radical (unpaired) electrons. The number of thiophene rings is 1. The van der Waals surface area contributed by atoms with Crippen LogP contribution < -0.4 is 5.32 Å². The van der Waals surface area contributed by atoms with Gasteiger partial charge < -0.3 is 10.4 Å². The normalized spacial score (nSPS) is 10.2. The van der Waals surface area contributed by atoms with Crippen LogP contribution in [0.15, 0.2) is 22.9 Å². The highest BCUT2D eigenvalue weighted by atomic mass is 32.1. The second-order valence-electron chi connectivity index (χ2n) is 3.41. The van der Waals surface area contributed by atoms with Gasteiger partial charge in [0.15, 0.2) is 0 Å². The SMILES string of the molecule is O=C(O)CCNC(=O)c1csc(-c2cccs2)n1. The Morgan fingerprint density at radius 1 is 1.39 bits per heavy atom. The molecule has 0 unspecified atom stereocenters. The molecule has 0 aliphatic heterocycles. The molecule has 94 valence electrons. The van der Waals surface area contributed by atoms with Crippen molar-refractivity contribution < 1.29 is 14.7 Å². The number of aromatic nitrogens is 1. The quantitative estimate of drug-likeness (QED) is 0.880. The Labute approximate surface area is 111 Å². The molecule has 2 N–H and O–H groups in total. The van der Waals surface area contributed by atoms with Crippen LogP contribution in [-0.2, 0) is 4.79 Å².